The Kier molecular flexibility index (Phi) is 8.94. The number of hydrogen-bond donors (Lipinski definition) is 1. The first-order chi connectivity index (χ1) is 6.66. The summed E-state index contributed by atoms with van der Waals surface area (Å²) in [5.74, 6) is 1.20. The fourth-order valence-electron chi connectivity index (χ4n) is 0.994. The van der Waals surface area contributed by atoms with E-state index in [1.165, 1.54) is 18.6 Å². The second-order valence-electron chi connectivity index (χ2n) is 3.43. The number of unbranched alkanes of at least 4 members (excludes halogenated alkanes) is 2. The summed E-state index contributed by atoms with van der Waals surface area (Å²) in [5, 5.41) is 2.72. The maximum atomic E-state index is 11.0. The average molecular weight is 219 g/mol. The molecule has 0 bridgehead atoms. The number of alkyl carbamates (subject to hydrolysis) is 1. The van der Waals surface area contributed by atoms with Gasteiger partial charge in [0.15, 0.2) is 0 Å². The normalized spacial score (nSPS) is 10.3. The quantitative estimate of drug-likeness (QED) is 0.669. The van der Waals surface area contributed by atoms with Gasteiger partial charge >= 0.3 is 6.09 Å². The maximum Gasteiger partial charge on any atom is 0.407 e. The Morgan fingerprint density at radius 3 is 2.64 bits per heavy atom. The van der Waals surface area contributed by atoms with Gasteiger partial charge in [-0.05, 0) is 38.7 Å². The van der Waals surface area contributed by atoms with Crippen LogP contribution in [0.5, 0.6) is 0 Å². The molecule has 0 saturated carbocycles. The number of carbonyl (C=O) groups excluding carboxylic acids is 1. The summed E-state index contributed by atoms with van der Waals surface area (Å²) in [7, 11) is 0. The zero-order valence-corrected chi connectivity index (χ0v) is 10.2. The molecule has 0 fully saturated rings. The van der Waals surface area contributed by atoms with E-state index in [2.05, 4.69) is 11.6 Å². The third-order valence-electron chi connectivity index (χ3n) is 1.64. The van der Waals surface area contributed by atoms with Gasteiger partial charge in [0.05, 0.1) is 6.10 Å². The smallest absolute Gasteiger partial charge is 0.407 e. The Balaban J connectivity index is 3.15. The minimum absolute atomic E-state index is 0.0357. The van der Waals surface area contributed by atoms with E-state index in [1.807, 2.05) is 25.6 Å². The average Bonchev–Trinajstić information content (AvgIpc) is 2.10. The molecular weight excluding hydrogens is 198 g/mol. The highest BCUT2D eigenvalue weighted by molar-refractivity contribution is 7.98. The van der Waals surface area contributed by atoms with E-state index in [1.54, 1.807) is 0 Å². The zero-order chi connectivity index (χ0) is 10.8. The molecule has 3 nitrogen and oxygen atoms in total. The van der Waals surface area contributed by atoms with Crippen LogP contribution in [0.3, 0.4) is 0 Å². The topological polar surface area (TPSA) is 38.3 Å². The maximum absolute atomic E-state index is 11.0. The number of nitrogens with one attached hydrogen (secondary N) is 1. The highest BCUT2D eigenvalue weighted by Gasteiger charge is 2.02. The van der Waals surface area contributed by atoms with Crippen LogP contribution in [0.15, 0.2) is 0 Å². The van der Waals surface area contributed by atoms with Crippen molar-refractivity contribution < 1.29 is 9.53 Å². The van der Waals surface area contributed by atoms with Gasteiger partial charge in [0.2, 0.25) is 0 Å². The van der Waals surface area contributed by atoms with E-state index in [0.29, 0.717) is 0 Å². The van der Waals surface area contributed by atoms with Crippen molar-refractivity contribution in [3.05, 3.63) is 0 Å². The van der Waals surface area contributed by atoms with Gasteiger partial charge in [-0.25, -0.2) is 4.79 Å². The molecule has 0 aromatic rings. The minimum Gasteiger partial charge on any atom is -0.447 e. The van der Waals surface area contributed by atoms with Gasteiger partial charge in [-0.3, -0.25) is 0 Å². The van der Waals surface area contributed by atoms with E-state index in [9.17, 15) is 4.79 Å². The van der Waals surface area contributed by atoms with Crippen LogP contribution in [0.2, 0.25) is 0 Å². The lowest BCUT2D eigenvalue weighted by Crippen LogP contribution is -2.27. The number of rotatable bonds is 7. The first-order valence-corrected chi connectivity index (χ1v) is 6.49. The number of hydrogen-bond acceptors (Lipinski definition) is 3. The molecule has 0 aliphatic carbocycles. The molecule has 0 aromatic heterocycles. The third-order valence-corrected chi connectivity index (χ3v) is 2.33. The summed E-state index contributed by atoms with van der Waals surface area (Å²) in [6.45, 7) is 4.41. The van der Waals surface area contributed by atoms with Crippen molar-refractivity contribution in [1.82, 2.24) is 5.32 Å². The molecule has 0 rings (SSSR count). The molecule has 0 aromatic carbocycles. The van der Waals surface area contributed by atoms with Crippen LogP contribution < -0.4 is 5.32 Å². The lowest BCUT2D eigenvalue weighted by Gasteiger charge is -2.08. The van der Waals surface area contributed by atoms with E-state index >= 15 is 0 Å². The molecule has 14 heavy (non-hydrogen) atoms. The molecule has 1 N–H and O–H groups in total. The lowest BCUT2D eigenvalue weighted by atomic mass is 10.2. The van der Waals surface area contributed by atoms with Gasteiger partial charge in [-0.1, -0.05) is 6.42 Å². The van der Waals surface area contributed by atoms with Gasteiger partial charge in [0, 0.05) is 6.54 Å². The van der Waals surface area contributed by atoms with E-state index in [0.717, 1.165) is 13.0 Å². The van der Waals surface area contributed by atoms with Crippen molar-refractivity contribution in [1.29, 1.82) is 0 Å². The monoisotopic (exact) mass is 219 g/mol. The Bertz CT molecular complexity index is 151. The first-order valence-electron chi connectivity index (χ1n) is 5.10. The lowest BCUT2D eigenvalue weighted by molar-refractivity contribution is 0.115. The number of amides is 1. The summed E-state index contributed by atoms with van der Waals surface area (Å²) >= 11 is 1.86. The fourth-order valence-corrected chi connectivity index (χ4v) is 1.49. The molecule has 4 heteroatoms. The van der Waals surface area contributed by atoms with Gasteiger partial charge in [0.1, 0.15) is 0 Å². The third kappa shape index (κ3) is 9.71. The SMILES string of the molecule is CSCCCCCNC(=O)OC(C)C. The predicted octanol–water partition coefficient (Wildman–Crippen LogP) is 2.65. The Morgan fingerprint density at radius 2 is 2.07 bits per heavy atom. The van der Waals surface area contributed by atoms with Crippen LogP contribution in [0, 0.1) is 0 Å². The molecule has 0 atom stereocenters. The van der Waals surface area contributed by atoms with Crippen LogP contribution >= 0.6 is 11.8 Å². The van der Waals surface area contributed by atoms with Crippen molar-refractivity contribution in [2.75, 3.05) is 18.6 Å². The first kappa shape index (κ1) is 13.6. The van der Waals surface area contributed by atoms with Gasteiger partial charge in [-0.2, -0.15) is 11.8 Å². The molecule has 1 amide bonds. The van der Waals surface area contributed by atoms with Crippen LogP contribution in [-0.2, 0) is 4.74 Å². The highest BCUT2D eigenvalue weighted by atomic mass is 32.2. The van der Waals surface area contributed by atoms with Crippen molar-refractivity contribution in [2.24, 2.45) is 0 Å². The van der Waals surface area contributed by atoms with Gasteiger partial charge in [0.25, 0.3) is 0 Å². The molecule has 0 unspecified atom stereocenters. The van der Waals surface area contributed by atoms with Crippen LogP contribution in [0.1, 0.15) is 33.1 Å². The van der Waals surface area contributed by atoms with Crippen molar-refractivity contribution in [3.8, 4) is 0 Å². The largest absolute Gasteiger partial charge is 0.447 e. The second-order valence-corrected chi connectivity index (χ2v) is 4.42. The van der Waals surface area contributed by atoms with Crippen molar-refractivity contribution in [3.63, 3.8) is 0 Å². The number of ether oxygens (including phenoxy) is 1. The molecule has 0 saturated heterocycles. The Labute approximate surface area is 91.0 Å². The van der Waals surface area contributed by atoms with Gasteiger partial charge in [-0.15, -0.1) is 0 Å². The minimum atomic E-state index is -0.301. The zero-order valence-electron chi connectivity index (χ0n) is 9.34. The summed E-state index contributed by atoms with van der Waals surface area (Å²) in [5.41, 5.74) is 0. The molecule has 0 spiro atoms. The van der Waals surface area contributed by atoms with Crippen LogP contribution in [0.25, 0.3) is 0 Å². The molecule has 0 radical (unpaired) electrons. The van der Waals surface area contributed by atoms with E-state index in [-0.39, 0.29) is 12.2 Å². The summed E-state index contributed by atoms with van der Waals surface area (Å²) in [4.78, 5) is 11.0. The molecule has 0 aliphatic heterocycles. The number of thioether (sulfide) groups is 1. The van der Waals surface area contributed by atoms with Crippen LogP contribution in [-0.4, -0.2) is 30.8 Å². The molecule has 0 aliphatic rings. The molecule has 0 heterocycles. The Morgan fingerprint density at radius 1 is 1.36 bits per heavy atom. The van der Waals surface area contributed by atoms with Crippen LogP contribution in [0.4, 0.5) is 4.79 Å². The summed E-state index contributed by atoms with van der Waals surface area (Å²) in [6, 6.07) is 0. The van der Waals surface area contributed by atoms with E-state index < -0.39 is 0 Å². The second kappa shape index (κ2) is 9.19. The van der Waals surface area contributed by atoms with Crippen molar-refractivity contribution >= 4 is 17.9 Å². The van der Waals surface area contributed by atoms with Crippen molar-refractivity contribution in [2.45, 2.75) is 39.2 Å². The fraction of sp³-hybridized carbons (Fsp3) is 0.900. The standard InChI is InChI=1S/C10H21NO2S/c1-9(2)13-10(12)11-7-5-4-6-8-14-3/h9H,4-8H2,1-3H3,(H,11,12). The highest BCUT2D eigenvalue weighted by Crippen LogP contribution is 2.01. The summed E-state index contributed by atoms with van der Waals surface area (Å²) in [6.07, 6.45) is 5.20. The molecular formula is C10H21NO2S. The predicted molar refractivity (Wildman–Crippen MR) is 61.9 cm³/mol. The molecule has 84 valence electrons. The van der Waals surface area contributed by atoms with Gasteiger partial charge < -0.3 is 10.1 Å². The number of carbonyl (C=O) groups is 1. The summed E-state index contributed by atoms with van der Waals surface area (Å²) < 4.78 is 4.92. The van der Waals surface area contributed by atoms with E-state index in [4.69, 9.17) is 4.74 Å². The Hall–Kier alpha value is -0.380.